The lowest BCUT2D eigenvalue weighted by Gasteiger charge is -2.34. The van der Waals surface area contributed by atoms with Crippen LogP contribution in [-0.2, 0) is 0 Å². The van der Waals surface area contributed by atoms with Gasteiger partial charge in [0.05, 0.1) is 0 Å². The molecule has 0 amide bonds. The molecule has 1 heterocycles. The van der Waals surface area contributed by atoms with E-state index in [1.165, 1.54) is 32.5 Å². The average molecular weight is 210 g/mol. The molecule has 0 aliphatic carbocycles. The number of piperazine rings is 1. The highest BCUT2D eigenvalue weighted by molar-refractivity contribution is 4.83. The van der Waals surface area contributed by atoms with Crippen molar-refractivity contribution in [2.75, 3.05) is 26.2 Å². The van der Waals surface area contributed by atoms with Gasteiger partial charge < -0.3 is 10.2 Å². The maximum absolute atomic E-state index is 3.61. The van der Waals surface area contributed by atoms with Crippen LogP contribution in [0.5, 0.6) is 0 Å². The molecule has 0 radical (unpaired) electrons. The molecule has 88 valence electrons. The zero-order chi connectivity index (χ0) is 11.1. The minimum atomic E-state index is 0.712. The minimum absolute atomic E-state index is 0.712. The predicted molar refractivity (Wildman–Crippen MR) is 67.1 cm³/mol. The minimum Gasteiger partial charge on any atom is -0.311 e. The molecule has 15 heavy (non-hydrogen) atoms. The molecule has 0 bridgehead atoms. The van der Waals surface area contributed by atoms with E-state index in [1.807, 2.05) is 0 Å². The molecule has 2 heteroatoms. The van der Waals surface area contributed by atoms with Gasteiger partial charge in [0.15, 0.2) is 0 Å². The van der Waals surface area contributed by atoms with E-state index in [1.54, 1.807) is 0 Å². The monoisotopic (exact) mass is 210 g/mol. The van der Waals surface area contributed by atoms with Crippen LogP contribution in [0.1, 0.15) is 33.6 Å². The zero-order valence-electron chi connectivity index (χ0n) is 10.5. The van der Waals surface area contributed by atoms with Crippen molar-refractivity contribution in [3.63, 3.8) is 0 Å². The third-order valence-electron chi connectivity index (χ3n) is 2.94. The Kier molecular flexibility index (Phi) is 5.96. The predicted octanol–water partition coefficient (Wildman–Crippen LogP) is 2.27. The Morgan fingerprint density at radius 1 is 1.47 bits per heavy atom. The number of hydrogen-bond acceptors (Lipinski definition) is 2. The summed E-state index contributed by atoms with van der Waals surface area (Å²) in [7, 11) is 0. The van der Waals surface area contributed by atoms with E-state index in [-0.39, 0.29) is 0 Å². The van der Waals surface area contributed by atoms with Crippen LogP contribution in [-0.4, -0.2) is 37.1 Å². The molecule has 2 nitrogen and oxygen atoms in total. The van der Waals surface area contributed by atoms with Crippen LogP contribution in [0.15, 0.2) is 12.2 Å². The Bertz CT molecular complexity index is 187. The molecule has 1 fully saturated rings. The topological polar surface area (TPSA) is 15.3 Å². The quantitative estimate of drug-likeness (QED) is 0.700. The van der Waals surface area contributed by atoms with Crippen molar-refractivity contribution in [3.05, 3.63) is 12.2 Å². The van der Waals surface area contributed by atoms with Crippen LogP contribution in [0.25, 0.3) is 0 Å². The molecule has 1 saturated heterocycles. The third kappa shape index (κ3) is 5.33. The van der Waals surface area contributed by atoms with Gasteiger partial charge in [0.25, 0.3) is 0 Å². The van der Waals surface area contributed by atoms with Gasteiger partial charge in [-0.2, -0.15) is 0 Å². The van der Waals surface area contributed by atoms with Gasteiger partial charge >= 0.3 is 0 Å². The molecule has 1 N–H and O–H groups in total. The molecule has 0 aromatic heterocycles. The summed E-state index contributed by atoms with van der Waals surface area (Å²) in [4.78, 5) is 2.59. The molecule has 0 aromatic carbocycles. The highest BCUT2D eigenvalue weighted by atomic mass is 15.2. The Morgan fingerprint density at radius 2 is 2.27 bits per heavy atom. The van der Waals surface area contributed by atoms with Gasteiger partial charge in [-0.3, -0.25) is 0 Å². The van der Waals surface area contributed by atoms with Gasteiger partial charge in [-0.25, -0.2) is 0 Å². The van der Waals surface area contributed by atoms with Crippen molar-refractivity contribution >= 4 is 0 Å². The molecule has 1 atom stereocenters. The van der Waals surface area contributed by atoms with Crippen molar-refractivity contribution in [1.82, 2.24) is 10.2 Å². The second-order valence-corrected chi connectivity index (χ2v) is 4.94. The lowest BCUT2D eigenvalue weighted by Crippen LogP contribution is -2.51. The summed E-state index contributed by atoms with van der Waals surface area (Å²) in [6.07, 6.45) is 6.91. The SMILES string of the molecule is C/C=C/CCN1CCNC(CC(C)C)C1. The van der Waals surface area contributed by atoms with Gasteiger partial charge in [-0.15, -0.1) is 0 Å². The second kappa shape index (κ2) is 7.02. The number of nitrogens with zero attached hydrogens (tertiary/aromatic N) is 1. The Balaban J connectivity index is 2.22. The van der Waals surface area contributed by atoms with E-state index < -0.39 is 0 Å². The summed E-state index contributed by atoms with van der Waals surface area (Å²) in [6.45, 7) is 11.5. The van der Waals surface area contributed by atoms with Crippen molar-refractivity contribution in [2.45, 2.75) is 39.7 Å². The first-order valence-corrected chi connectivity index (χ1v) is 6.29. The smallest absolute Gasteiger partial charge is 0.0198 e. The molecule has 0 aromatic rings. The van der Waals surface area contributed by atoms with Crippen LogP contribution in [0.3, 0.4) is 0 Å². The van der Waals surface area contributed by atoms with Crippen LogP contribution >= 0.6 is 0 Å². The van der Waals surface area contributed by atoms with Crippen LogP contribution < -0.4 is 5.32 Å². The highest BCUT2D eigenvalue weighted by Gasteiger charge is 2.18. The second-order valence-electron chi connectivity index (χ2n) is 4.94. The normalized spacial score (nSPS) is 24.1. The van der Waals surface area contributed by atoms with E-state index in [0.29, 0.717) is 6.04 Å². The highest BCUT2D eigenvalue weighted by Crippen LogP contribution is 2.09. The molecule has 1 rings (SSSR count). The van der Waals surface area contributed by atoms with Crippen LogP contribution in [0.2, 0.25) is 0 Å². The molecule has 0 saturated carbocycles. The summed E-state index contributed by atoms with van der Waals surface area (Å²) < 4.78 is 0. The fraction of sp³-hybridized carbons (Fsp3) is 0.846. The zero-order valence-corrected chi connectivity index (χ0v) is 10.5. The summed E-state index contributed by atoms with van der Waals surface area (Å²) in [6, 6.07) is 0.712. The third-order valence-corrected chi connectivity index (χ3v) is 2.94. The number of hydrogen-bond donors (Lipinski definition) is 1. The van der Waals surface area contributed by atoms with Crippen molar-refractivity contribution in [1.29, 1.82) is 0 Å². The lowest BCUT2D eigenvalue weighted by molar-refractivity contribution is 0.189. The van der Waals surface area contributed by atoms with Crippen molar-refractivity contribution in [2.24, 2.45) is 5.92 Å². The molecule has 1 aliphatic rings. The van der Waals surface area contributed by atoms with Crippen molar-refractivity contribution in [3.8, 4) is 0 Å². The van der Waals surface area contributed by atoms with Crippen LogP contribution in [0.4, 0.5) is 0 Å². The first-order chi connectivity index (χ1) is 7.22. The first kappa shape index (κ1) is 12.7. The molecule has 1 aliphatic heterocycles. The maximum atomic E-state index is 3.61. The fourth-order valence-electron chi connectivity index (χ4n) is 2.25. The van der Waals surface area contributed by atoms with Crippen molar-refractivity contribution < 1.29 is 0 Å². The Hall–Kier alpha value is -0.340. The van der Waals surface area contributed by atoms with E-state index in [0.717, 1.165) is 12.5 Å². The number of nitrogens with one attached hydrogen (secondary N) is 1. The Labute approximate surface area is 94.7 Å². The van der Waals surface area contributed by atoms with Gasteiger partial charge in [0, 0.05) is 32.2 Å². The molecule has 1 unspecified atom stereocenters. The Morgan fingerprint density at radius 3 is 2.93 bits per heavy atom. The molecule has 0 spiro atoms. The standard InChI is InChI=1S/C13H26N2/c1-4-5-6-8-15-9-7-14-13(11-15)10-12(2)3/h4-5,12-14H,6-11H2,1-3H3/b5-4+. The van der Waals surface area contributed by atoms with E-state index in [9.17, 15) is 0 Å². The first-order valence-electron chi connectivity index (χ1n) is 6.29. The fourth-order valence-corrected chi connectivity index (χ4v) is 2.25. The van der Waals surface area contributed by atoms with Gasteiger partial charge in [-0.1, -0.05) is 26.0 Å². The van der Waals surface area contributed by atoms with E-state index in [4.69, 9.17) is 0 Å². The maximum Gasteiger partial charge on any atom is 0.0198 e. The largest absolute Gasteiger partial charge is 0.311 e. The van der Waals surface area contributed by atoms with E-state index >= 15 is 0 Å². The van der Waals surface area contributed by atoms with Gasteiger partial charge in [0.1, 0.15) is 0 Å². The summed E-state index contributed by atoms with van der Waals surface area (Å²) >= 11 is 0. The average Bonchev–Trinajstić information content (AvgIpc) is 2.18. The van der Waals surface area contributed by atoms with Gasteiger partial charge in [-0.05, 0) is 25.7 Å². The van der Waals surface area contributed by atoms with Crippen LogP contribution in [0, 0.1) is 5.92 Å². The lowest BCUT2D eigenvalue weighted by atomic mass is 10.0. The van der Waals surface area contributed by atoms with Gasteiger partial charge in [0.2, 0.25) is 0 Å². The molecular formula is C13H26N2. The summed E-state index contributed by atoms with van der Waals surface area (Å²) in [5.74, 6) is 0.804. The number of rotatable bonds is 5. The summed E-state index contributed by atoms with van der Waals surface area (Å²) in [5.41, 5.74) is 0. The van der Waals surface area contributed by atoms with E-state index in [2.05, 4.69) is 43.1 Å². The summed E-state index contributed by atoms with van der Waals surface area (Å²) in [5, 5.41) is 3.61. The number of allylic oxidation sites excluding steroid dienone is 1. The molecular weight excluding hydrogens is 184 g/mol.